The number of nitro benzene ring substituents is 1. The molecular weight excluding hydrogens is 376 g/mol. The molecule has 0 amide bonds. The standard InChI is InChI=1S/C17H16N2O7S/c1-2-10-26-15-8-6-13(7-9-15)18(12-17(20)21)27(24,25)16-5-3-4-14(11-16)19(22)23/h2-9,11H,1,10,12H2,(H,20,21). The lowest BCUT2D eigenvalue weighted by Crippen LogP contribution is -2.35. The first-order valence-electron chi connectivity index (χ1n) is 7.58. The molecule has 142 valence electrons. The van der Waals surface area contributed by atoms with Crippen LogP contribution in [0.4, 0.5) is 11.4 Å². The predicted octanol–water partition coefficient (Wildman–Crippen LogP) is 2.44. The first-order valence-corrected chi connectivity index (χ1v) is 9.02. The maximum Gasteiger partial charge on any atom is 0.324 e. The van der Waals surface area contributed by atoms with Crippen molar-refractivity contribution < 1.29 is 28.0 Å². The summed E-state index contributed by atoms with van der Waals surface area (Å²) in [4.78, 5) is 21.0. The Morgan fingerprint density at radius 1 is 1.26 bits per heavy atom. The van der Waals surface area contributed by atoms with Crippen LogP contribution in [-0.4, -0.2) is 37.6 Å². The maximum atomic E-state index is 12.9. The number of hydrogen-bond donors (Lipinski definition) is 1. The number of benzene rings is 2. The highest BCUT2D eigenvalue weighted by atomic mass is 32.2. The van der Waals surface area contributed by atoms with Gasteiger partial charge in [-0.05, 0) is 30.3 Å². The summed E-state index contributed by atoms with van der Waals surface area (Å²) in [5, 5.41) is 20.0. The second-order valence-corrected chi connectivity index (χ2v) is 7.12. The van der Waals surface area contributed by atoms with Crippen molar-refractivity contribution in [3.8, 4) is 5.75 Å². The van der Waals surface area contributed by atoms with Crippen molar-refractivity contribution in [1.29, 1.82) is 0 Å². The van der Waals surface area contributed by atoms with E-state index in [0.717, 1.165) is 12.1 Å². The Kier molecular flexibility index (Phi) is 6.14. The molecule has 0 aliphatic carbocycles. The van der Waals surface area contributed by atoms with Crippen LogP contribution in [-0.2, 0) is 14.8 Å². The summed E-state index contributed by atoms with van der Waals surface area (Å²) in [6.07, 6.45) is 1.54. The molecule has 0 atom stereocenters. The Morgan fingerprint density at radius 2 is 1.93 bits per heavy atom. The quantitative estimate of drug-likeness (QED) is 0.394. The third kappa shape index (κ3) is 4.82. The zero-order chi connectivity index (χ0) is 20.0. The Hall–Kier alpha value is -3.40. The van der Waals surface area contributed by atoms with E-state index in [0.29, 0.717) is 10.1 Å². The SMILES string of the molecule is C=CCOc1ccc(N(CC(=O)O)S(=O)(=O)c2cccc([N+](=O)[O-])c2)cc1. The van der Waals surface area contributed by atoms with Crippen LogP contribution in [0.3, 0.4) is 0 Å². The molecular formula is C17H16N2O7S. The molecule has 0 unspecified atom stereocenters. The number of carboxylic acid groups (broad SMARTS) is 1. The summed E-state index contributed by atoms with van der Waals surface area (Å²) in [5.74, 6) is -0.933. The average Bonchev–Trinajstić information content (AvgIpc) is 2.65. The van der Waals surface area contributed by atoms with E-state index in [1.54, 1.807) is 0 Å². The molecule has 0 aliphatic rings. The van der Waals surface area contributed by atoms with Gasteiger partial charge in [0.25, 0.3) is 15.7 Å². The van der Waals surface area contributed by atoms with Crippen molar-refractivity contribution >= 4 is 27.4 Å². The van der Waals surface area contributed by atoms with Gasteiger partial charge in [-0.2, -0.15) is 0 Å². The number of non-ortho nitro benzene ring substituents is 1. The van der Waals surface area contributed by atoms with Crippen LogP contribution in [0.15, 0.2) is 66.1 Å². The molecule has 0 radical (unpaired) electrons. The molecule has 0 aromatic heterocycles. The Labute approximate surface area is 155 Å². The zero-order valence-electron chi connectivity index (χ0n) is 14.0. The minimum absolute atomic E-state index is 0.0786. The van der Waals surface area contributed by atoms with Gasteiger partial charge in [0.2, 0.25) is 0 Å². The van der Waals surface area contributed by atoms with E-state index in [9.17, 15) is 23.3 Å². The van der Waals surface area contributed by atoms with Crippen LogP contribution in [0.1, 0.15) is 0 Å². The fourth-order valence-corrected chi connectivity index (χ4v) is 3.64. The van der Waals surface area contributed by atoms with Gasteiger partial charge in [-0.15, -0.1) is 0 Å². The van der Waals surface area contributed by atoms with Crippen LogP contribution >= 0.6 is 0 Å². The lowest BCUT2D eigenvalue weighted by molar-refractivity contribution is -0.385. The van der Waals surface area contributed by atoms with Gasteiger partial charge in [-0.3, -0.25) is 19.2 Å². The first-order chi connectivity index (χ1) is 12.8. The van der Waals surface area contributed by atoms with Crippen molar-refractivity contribution in [2.75, 3.05) is 17.5 Å². The molecule has 9 nitrogen and oxygen atoms in total. The fourth-order valence-electron chi connectivity index (χ4n) is 2.19. The Bertz CT molecular complexity index is 956. The van der Waals surface area contributed by atoms with Crippen molar-refractivity contribution in [2.45, 2.75) is 4.90 Å². The molecule has 1 N–H and O–H groups in total. The Balaban J connectivity index is 2.45. The van der Waals surface area contributed by atoms with Gasteiger partial charge < -0.3 is 9.84 Å². The van der Waals surface area contributed by atoms with Crippen molar-refractivity contribution in [3.63, 3.8) is 0 Å². The van der Waals surface area contributed by atoms with Gasteiger partial charge in [0.1, 0.15) is 18.9 Å². The number of nitro groups is 1. The molecule has 2 aromatic rings. The minimum Gasteiger partial charge on any atom is -0.490 e. The van der Waals surface area contributed by atoms with Gasteiger partial charge in [0, 0.05) is 12.1 Å². The van der Waals surface area contributed by atoms with Gasteiger partial charge >= 0.3 is 5.97 Å². The summed E-state index contributed by atoms with van der Waals surface area (Å²) in [6, 6.07) is 10.1. The molecule has 0 saturated carbocycles. The summed E-state index contributed by atoms with van der Waals surface area (Å²) >= 11 is 0. The summed E-state index contributed by atoms with van der Waals surface area (Å²) in [5.41, 5.74) is -0.339. The van der Waals surface area contributed by atoms with E-state index >= 15 is 0 Å². The molecule has 0 saturated heterocycles. The number of rotatable bonds is 9. The van der Waals surface area contributed by atoms with Gasteiger partial charge in [0.15, 0.2) is 0 Å². The maximum absolute atomic E-state index is 12.9. The van der Waals surface area contributed by atoms with Crippen molar-refractivity contribution in [1.82, 2.24) is 0 Å². The van der Waals surface area contributed by atoms with Crippen molar-refractivity contribution in [2.24, 2.45) is 0 Å². The first kappa shape index (κ1) is 19.9. The molecule has 0 heterocycles. The average molecular weight is 392 g/mol. The molecule has 10 heteroatoms. The van der Waals surface area contributed by atoms with Crippen LogP contribution in [0.25, 0.3) is 0 Å². The van der Waals surface area contributed by atoms with E-state index in [1.807, 2.05) is 0 Å². The number of aliphatic carboxylic acids is 1. The molecule has 2 aromatic carbocycles. The van der Waals surface area contributed by atoms with E-state index in [2.05, 4.69) is 6.58 Å². The van der Waals surface area contributed by atoms with E-state index in [1.165, 1.54) is 42.5 Å². The largest absolute Gasteiger partial charge is 0.490 e. The van der Waals surface area contributed by atoms with Gasteiger partial charge in [0.05, 0.1) is 15.5 Å². The number of anilines is 1. The van der Waals surface area contributed by atoms with Gasteiger partial charge in [-0.25, -0.2) is 8.42 Å². The molecule has 27 heavy (non-hydrogen) atoms. The van der Waals surface area contributed by atoms with Crippen LogP contribution in [0, 0.1) is 10.1 Å². The topological polar surface area (TPSA) is 127 Å². The van der Waals surface area contributed by atoms with E-state index < -0.39 is 33.1 Å². The Morgan fingerprint density at radius 3 is 2.48 bits per heavy atom. The van der Waals surface area contributed by atoms with Crippen LogP contribution < -0.4 is 9.04 Å². The number of nitrogens with zero attached hydrogens (tertiary/aromatic N) is 2. The monoisotopic (exact) mass is 392 g/mol. The molecule has 2 rings (SSSR count). The third-order valence-corrected chi connectivity index (χ3v) is 5.16. The van der Waals surface area contributed by atoms with Crippen LogP contribution in [0.5, 0.6) is 5.75 Å². The zero-order valence-corrected chi connectivity index (χ0v) is 14.8. The van der Waals surface area contributed by atoms with E-state index in [-0.39, 0.29) is 17.2 Å². The fraction of sp³-hybridized carbons (Fsp3) is 0.118. The molecule has 0 fully saturated rings. The molecule has 0 spiro atoms. The minimum atomic E-state index is -4.34. The summed E-state index contributed by atoms with van der Waals surface area (Å²) < 4.78 is 31.8. The number of ether oxygens (including phenoxy) is 1. The summed E-state index contributed by atoms with van der Waals surface area (Å²) in [7, 11) is -4.34. The second-order valence-electron chi connectivity index (χ2n) is 5.25. The highest BCUT2D eigenvalue weighted by Gasteiger charge is 2.28. The molecule has 0 bridgehead atoms. The van der Waals surface area contributed by atoms with Crippen LogP contribution in [0.2, 0.25) is 0 Å². The van der Waals surface area contributed by atoms with Gasteiger partial charge in [-0.1, -0.05) is 18.7 Å². The third-order valence-electron chi connectivity index (χ3n) is 3.39. The van der Waals surface area contributed by atoms with Crippen molar-refractivity contribution in [3.05, 3.63) is 71.3 Å². The number of carbonyl (C=O) groups is 1. The number of sulfonamides is 1. The number of carboxylic acids is 1. The second kappa shape index (κ2) is 8.32. The smallest absolute Gasteiger partial charge is 0.324 e. The number of hydrogen-bond acceptors (Lipinski definition) is 6. The summed E-state index contributed by atoms with van der Waals surface area (Å²) in [6.45, 7) is 2.92. The van der Waals surface area contributed by atoms with E-state index in [4.69, 9.17) is 9.84 Å². The lowest BCUT2D eigenvalue weighted by atomic mass is 10.3. The predicted molar refractivity (Wildman–Crippen MR) is 97.4 cm³/mol. The normalized spacial score (nSPS) is 10.8. The lowest BCUT2D eigenvalue weighted by Gasteiger charge is -2.23. The molecule has 0 aliphatic heterocycles. The highest BCUT2D eigenvalue weighted by molar-refractivity contribution is 7.92. The highest BCUT2D eigenvalue weighted by Crippen LogP contribution is 2.27.